The number of halogens is 3. The van der Waals surface area contributed by atoms with Crippen molar-refractivity contribution in [3.63, 3.8) is 0 Å². The molecule has 39 heavy (non-hydrogen) atoms. The monoisotopic (exact) mass is 543 g/mol. The number of carbonyl (C=O) groups is 1. The van der Waals surface area contributed by atoms with Crippen molar-refractivity contribution >= 4 is 22.3 Å². The van der Waals surface area contributed by atoms with Crippen molar-refractivity contribution < 1.29 is 22.7 Å². The van der Waals surface area contributed by atoms with Gasteiger partial charge in [0.1, 0.15) is 11.9 Å². The molecule has 0 radical (unpaired) electrons. The average molecular weight is 544 g/mol. The minimum atomic E-state index is -4.62. The molecule has 1 aromatic carbocycles. The zero-order chi connectivity index (χ0) is 28.4. The van der Waals surface area contributed by atoms with Crippen LogP contribution in [-0.4, -0.2) is 64.5 Å². The lowest BCUT2D eigenvalue weighted by Gasteiger charge is -2.29. The highest BCUT2D eigenvalue weighted by atomic mass is 19.4. The predicted octanol–water partition coefficient (Wildman–Crippen LogP) is 5.60. The predicted molar refractivity (Wildman–Crippen MR) is 146 cm³/mol. The molecule has 4 rings (SSSR count). The highest BCUT2D eigenvalue weighted by Gasteiger charge is 2.35. The van der Waals surface area contributed by atoms with E-state index in [4.69, 9.17) is 4.74 Å². The summed E-state index contributed by atoms with van der Waals surface area (Å²) in [7, 11) is 2.06. The van der Waals surface area contributed by atoms with Gasteiger partial charge in [-0.1, -0.05) is 18.7 Å². The number of carbonyl (C=O) groups excluding carboxylic acids is 1. The van der Waals surface area contributed by atoms with Crippen molar-refractivity contribution in [3.8, 4) is 5.75 Å². The Balaban J connectivity index is 1.52. The van der Waals surface area contributed by atoms with Crippen LogP contribution in [0.2, 0.25) is 0 Å². The molecule has 10 heteroatoms. The zero-order valence-corrected chi connectivity index (χ0v) is 22.9. The van der Waals surface area contributed by atoms with Crippen molar-refractivity contribution in [2.75, 3.05) is 26.7 Å². The normalized spacial score (nSPS) is 15.5. The third kappa shape index (κ3) is 6.98. The van der Waals surface area contributed by atoms with Gasteiger partial charge in [-0.05, 0) is 65.6 Å². The maximum Gasteiger partial charge on any atom is 0.417 e. The molecule has 0 atom stereocenters. The van der Waals surface area contributed by atoms with Crippen molar-refractivity contribution in [1.29, 1.82) is 0 Å². The van der Waals surface area contributed by atoms with E-state index in [-0.39, 0.29) is 23.2 Å². The number of fused-ring (bicyclic) bond motifs is 1. The molecular formula is C29H36F3N5O2. The summed E-state index contributed by atoms with van der Waals surface area (Å²) in [6.45, 7) is 11.4. The molecule has 0 spiro atoms. The molecule has 2 aromatic heterocycles. The summed E-state index contributed by atoms with van der Waals surface area (Å²) >= 11 is 0. The number of nitrogens with zero attached hydrogens (tertiary/aromatic N) is 4. The molecule has 1 amide bonds. The van der Waals surface area contributed by atoms with Crippen molar-refractivity contribution in [3.05, 3.63) is 60.2 Å². The fourth-order valence-electron chi connectivity index (χ4n) is 4.56. The molecule has 3 aromatic rings. The van der Waals surface area contributed by atoms with Gasteiger partial charge in [-0.15, -0.1) is 0 Å². The van der Waals surface area contributed by atoms with Crippen LogP contribution in [0.25, 0.3) is 16.3 Å². The quantitative estimate of drug-likeness (QED) is 0.375. The van der Waals surface area contributed by atoms with E-state index >= 15 is 0 Å². The van der Waals surface area contributed by atoms with Gasteiger partial charge in [0, 0.05) is 42.3 Å². The van der Waals surface area contributed by atoms with E-state index in [0.717, 1.165) is 25.9 Å². The van der Waals surface area contributed by atoms with Gasteiger partial charge in [0.05, 0.1) is 28.6 Å². The van der Waals surface area contributed by atoms with E-state index in [2.05, 4.69) is 33.9 Å². The van der Waals surface area contributed by atoms with Crippen molar-refractivity contribution in [2.24, 2.45) is 0 Å². The zero-order valence-electron chi connectivity index (χ0n) is 22.9. The lowest BCUT2D eigenvalue weighted by Crippen LogP contribution is -2.35. The number of aryl methyl sites for hydroxylation is 1. The Morgan fingerprint density at radius 2 is 1.90 bits per heavy atom. The number of piperidine rings is 1. The summed E-state index contributed by atoms with van der Waals surface area (Å²) in [5.41, 5.74) is -0.489. The number of aromatic nitrogens is 3. The smallest absolute Gasteiger partial charge is 0.417 e. The number of hydrogen-bond acceptors (Lipinski definition) is 5. The molecule has 1 aliphatic rings. The largest absolute Gasteiger partial charge is 0.490 e. The van der Waals surface area contributed by atoms with Crippen LogP contribution in [0, 0.1) is 0 Å². The van der Waals surface area contributed by atoms with Crippen LogP contribution in [0.5, 0.6) is 5.75 Å². The van der Waals surface area contributed by atoms with E-state index in [9.17, 15) is 18.0 Å². The van der Waals surface area contributed by atoms with Crippen LogP contribution in [-0.2, 0) is 12.0 Å². The van der Waals surface area contributed by atoms with Gasteiger partial charge < -0.3 is 15.0 Å². The number of benzene rings is 1. The highest BCUT2D eigenvalue weighted by molar-refractivity contribution is 5.96. The lowest BCUT2D eigenvalue weighted by molar-refractivity contribution is -0.0688. The van der Waals surface area contributed by atoms with E-state index in [1.165, 1.54) is 6.20 Å². The SMILES string of the molecule is C=C(c1nc(CCCNC(=O)c2cnn(C(C)(C)C)c2)cc2c(OC3CCN(C)CC3)cccc12)C(F)(F)F. The van der Waals surface area contributed by atoms with Crippen LogP contribution < -0.4 is 10.1 Å². The first-order valence-electron chi connectivity index (χ1n) is 13.2. The number of nitrogens with one attached hydrogen (secondary N) is 1. The summed E-state index contributed by atoms with van der Waals surface area (Å²) in [5, 5.41) is 8.04. The summed E-state index contributed by atoms with van der Waals surface area (Å²) < 4.78 is 49.1. The molecule has 1 N–H and O–H groups in total. The number of amides is 1. The van der Waals surface area contributed by atoms with Gasteiger partial charge in [-0.3, -0.25) is 14.5 Å². The first-order chi connectivity index (χ1) is 18.3. The van der Waals surface area contributed by atoms with Gasteiger partial charge in [0.2, 0.25) is 0 Å². The van der Waals surface area contributed by atoms with Crippen LogP contribution >= 0.6 is 0 Å². The van der Waals surface area contributed by atoms with Crippen LogP contribution in [0.3, 0.4) is 0 Å². The third-order valence-corrected chi connectivity index (χ3v) is 6.90. The number of allylic oxidation sites excluding steroid dienone is 1. The number of rotatable bonds is 8. The first-order valence-corrected chi connectivity index (χ1v) is 13.2. The maximum atomic E-state index is 13.7. The molecule has 1 aliphatic heterocycles. The molecular weight excluding hydrogens is 507 g/mol. The van der Waals surface area contributed by atoms with Gasteiger partial charge in [0.15, 0.2) is 0 Å². The van der Waals surface area contributed by atoms with Crippen molar-refractivity contribution in [2.45, 2.75) is 64.3 Å². The summed E-state index contributed by atoms with van der Waals surface area (Å²) in [6.07, 6.45) is 1.16. The van der Waals surface area contributed by atoms with Gasteiger partial charge in [-0.25, -0.2) is 0 Å². The van der Waals surface area contributed by atoms with Crippen molar-refractivity contribution in [1.82, 2.24) is 25.0 Å². The molecule has 210 valence electrons. The fourth-order valence-corrected chi connectivity index (χ4v) is 4.56. The van der Waals surface area contributed by atoms with E-state index < -0.39 is 11.7 Å². The second-order valence-corrected chi connectivity index (χ2v) is 11.1. The summed E-state index contributed by atoms with van der Waals surface area (Å²) in [4.78, 5) is 19.1. The average Bonchev–Trinajstić information content (AvgIpc) is 3.38. The molecule has 0 saturated carbocycles. The van der Waals surface area contributed by atoms with Gasteiger partial charge in [-0.2, -0.15) is 18.3 Å². The number of alkyl halides is 3. The summed E-state index contributed by atoms with van der Waals surface area (Å²) in [6, 6.07) is 6.90. The molecule has 1 fully saturated rings. The third-order valence-electron chi connectivity index (χ3n) is 6.90. The lowest BCUT2D eigenvalue weighted by atomic mass is 10.0. The van der Waals surface area contributed by atoms with E-state index in [1.807, 2.05) is 20.8 Å². The Morgan fingerprint density at radius 1 is 1.18 bits per heavy atom. The minimum absolute atomic E-state index is 0.00414. The Bertz CT molecular complexity index is 1330. The fraction of sp³-hybridized carbons (Fsp3) is 0.483. The molecule has 0 bridgehead atoms. The van der Waals surface area contributed by atoms with Crippen LogP contribution in [0.4, 0.5) is 13.2 Å². The number of pyridine rings is 1. The molecule has 1 saturated heterocycles. The Labute approximate surface area is 227 Å². The Kier molecular flexibility index (Phi) is 8.34. The second kappa shape index (κ2) is 11.4. The first kappa shape index (κ1) is 28.6. The number of hydrogen-bond donors (Lipinski definition) is 1. The maximum absolute atomic E-state index is 13.7. The number of likely N-dealkylation sites (tertiary alicyclic amines) is 1. The van der Waals surface area contributed by atoms with Crippen LogP contribution in [0.15, 0.2) is 43.2 Å². The van der Waals surface area contributed by atoms with Gasteiger partial charge in [0.25, 0.3) is 5.91 Å². The Morgan fingerprint density at radius 3 is 2.54 bits per heavy atom. The van der Waals surface area contributed by atoms with Gasteiger partial charge >= 0.3 is 6.18 Å². The standard InChI is InChI=1S/C29H36F3N5O2/c1-19(29(30,31)32)26-23-9-6-10-25(39-22-11-14-36(5)15-12-22)24(23)16-21(35-26)8-7-13-33-27(38)20-17-34-37(18-20)28(2,3)4/h6,9-10,16-18,22H,1,7-8,11-15H2,2-5H3,(H,33,38). The summed E-state index contributed by atoms with van der Waals surface area (Å²) in [5.74, 6) is 0.294. The molecule has 7 nitrogen and oxygen atoms in total. The molecule has 3 heterocycles. The highest BCUT2D eigenvalue weighted by Crippen LogP contribution is 2.38. The Hall–Kier alpha value is -3.40. The topological polar surface area (TPSA) is 72.3 Å². The number of ether oxygens (including phenoxy) is 1. The molecule has 0 aliphatic carbocycles. The molecule has 0 unspecified atom stereocenters. The second-order valence-electron chi connectivity index (χ2n) is 11.1. The van der Waals surface area contributed by atoms with E-state index in [1.54, 1.807) is 35.1 Å². The van der Waals surface area contributed by atoms with Crippen LogP contribution in [0.1, 0.15) is 61.8 Å². The van der Waals surface area contributed by atoms with E-state index in [0.29, 0.717) is 47.2 Å². The minimum Gasteiger partial charge on any atom is -0.490 e.